The summed E-state index contributed by atoms with van der Waals surface area (Å²) in [5.74, 6) is 0.893. The molecule has 3 rings (SSSR count). The first-order chi connectivity index (χ1) is 12.2. The van der Waals surface area contributed by atoms with Gasteiger partial charge in [-0.05, 0) is 18.2 Å². The number of para-hydroxylation sites is 1. The Balaban J connectivity index is 1.81. The number of nitrogens with zero attached hydrogens (tertiary/aromatic N) is 1. The van der Waals surface area contributed by atoms with E-state index in [4.69, 9.17) is 14.2 Å². The highest BCUT2D eigenvalue weighted by Crippen LogP contribution is 2.30. The van der Waals surface area contributed by atoms with Gasteiger partial charge in [0.1, 0.15) is 6.61 Å². The molecule has 2 aromatic carbocycles. The van der Waals surface area contributed by atoms with E-state index in [1.807, 2.05) is 12.1 Å². The first kappa shape index (κ1) is 16.8. The second-order valence-electron chi connectivity index (χ2n) is 5.30. The number of fused-ring (bicyclic) bond motifs is 1. The minimum absolute atomic E-state index is 0.233. The van der Waals surface area contributed by atoms with Gasteiger partial charge < -0.3 is 19.5 Å². The first-order valence-electron chi connectivity index (χ1n) is 7.76. The molecular weight excluding hydrogens is 322 g/mol. The molecule has 0 aliphatic rings. The molecule has 0 fully saturated rings. The number of carbonyl (C=O) groups excluding carboxylic acids is 1. The molecule has 0 aliphatic carbocycles. The van der Waals surface area contributed by atoms with Crippen LogP contribution in [0.1, 0.15) is 10.4 Å². The van der Waals surface area contributed by atoms with Gasteiger partial charge in [0.15, 0.2) is 11.5 Å². The number of rotatable bonds is 7. The molecule has 0 saturated carbocycles. The molecule has 2 N–H and O–H groups in total. The second-order valence-corrected chi connectivity index (χ2v) is 5.30. The highest BCUT2D eigenvalue weighted by molar-refractivity contribution is 6.11. The molecule has 0 saturated heterocycles. The van der Waals surface area contributed by atoms with E-state index < -0.39 is 0 Å². The van der Waals surface area contributed by atoms with E-state index in [2.05, 4.69) is 15.5 Å². The number of benzene rings is 2. The van der Waals surface area contributed by atoms with Crippen LogP contribution in [0.2, 0.25) is 0 Å². The first-order valence-corrected chi connectivity index (χ1v) is 7.76. The number of nitrogens with one attached hydrogen (secondary N) is 2. The molecule has 1 amide bonds. The lowest BCUT2D eigenvalue weighted by Crippen LogP contribution is -2.13. The molecule has 0 atom stereocenters. The zero-order valence-electron chi connectivity index (χ0n) is 14.0. The number of aromatic amines is 1. The topological polar surface area (TPSA) is 85.5 Å². The Morgan fingerprint density at radius 3 is 2.84 bits per heavy atom. The molecule has 0 bridgehead atoms. The Labute approximate surface area is 144 Å². The summed E-state index contributed by atoms with van der Waals surface area (Å²) in [5, 5.41) is 10.6. The van der Waals surface area contributed by atoms with Crippen molar-refractivity contribution in [3.63, 3.8) is 0 Å². The maximum atomic E-state index is 12.6. The number of amides is 1. The average Bonchev–Trinajstić information content (AvgIpc) is 3.11. The lowest BCUT2D eigenvalue weighted by atomic mass is 10.1. The summed E-state index contributed by atoms with van der Waals surface area (Å²) in [7, 11) is 3.17. The largest absolute Gasteiger partial charge is 0.493 e. The monoisotopic (exact) mass is 341 g/mol. The van der Waals surface area contributed by atoms with Crippen LogP contribution < -0.4 is 14.8 Å². The van der Waals surface area contributed by atoms with Crippen molar-refractivity contribution in [1.82, 2.24) is 10.2 Å². The molecule has 7 nitrogen and oxygen atoms in total. The van der Waals surface area contributed by atoms with E-state index in [0.717, 1.165) is 5.39 Å². The summed E-state index contributed by atoms with van der Waals surface area (Å²) < 4.78 is 15.9. The second kappa shape index (κ2) is 7.67. The van der Waals surface area contributed by atoms with Crippen molar-refractivity contribution in [2.24, 2.45) is 0 Å². The van der Waals surface area contributed by atoms with E-state index in [-0.39, 0.29) is 5.91 Å². The fourth-order valence-electron chi connectivity index (χ4n) is 2.46. The van der Waals surface area contributed by atoms with Crippen LogP contribution in [0.5, 0.6) is 11.5 Å². The molecule has 0 spiro atoms. The summed E-state index contributed by atoms with van der Waals surface area (Å²) >= 11 is 0. The average molecular weight is 341 g/mol. The van der Waals surface area contributed by atoms with Crippen LogP contribution in [-0.4, -0.2) is 43.5 Å². The maximum Gasteiger partial charge on any atom is 0.257 e. The normalized spacial score (nSPS) is 10.6. The summed E-state index contributed by atoms with van der Waals surface area (Å²) in [6.07, 6.45) is 1.68. The number of H-pyrrole nitrogens is 1. The number of carbonyl (C=O) groups is 1. The Bertz CT molecular complexity index is 876. The Morgan fingerprint density at radius 1 is 1.16 bits per heavy atom. The van der Waals surface area contributed by atoms with Crippen molar-refractivity contribution in [3.05, 3.63) is 48.2 Å². The van der Waals surface area contributed by atoms with Crippen molar-refractivity contribution in [2.45, 2.75) is 0 Å². The fourth-order valence-corrected chi connectivity index (χ4v) is 2.46. The van der Waals surface area contributed by atoms with Crippen LogP contribution in [0.25, 0.3) is 10.9 Å². The van der Waals surface area contributed by atoms with Crippen LogP contribution in [0.3, 0.4) is 0 Å². The van der Waals surface area contributed by atoms with Gasteiger partial charge in [-0.3, -0.25) is 9.89 Å². The summed E-state index contributed by atoms with van der Waals surface area (Å²) in [4.78, 5) is 12.6. The standard InChI is InChI=1S/C18H19N3O4/c1-23-8-9-25-16-10-13(6-7-15(16)24-2)20-18(22)14-5-3-4-12-11-19-21-17(12)14/h3-7,10-11H,8-9H2,1-2H3,(H,19,21)(H,20,22). The van der Waals surface area contributed by atoms with E-state index in [1.165, 1.54) is 0 Å². The minimum Gasteiger partial charge on any atom is -0.493 e. The lowest BCUT2D eigenvalue weighted by Gasteiger charge is -2.13. The van der Waals surface area contributed by atoms with E-state index >= 15 is 0 Å². The Kier molecular flexibility index (Phi) is 5.15. The van der Waals surface area contributed by atoms with Crippen LogP contribution in [-0.2, 0) is 4.74 Å². The van der Waals surface area contributed by atoms with Gasteiger partial charge in [-0.25, -0.2) is 0 Å². The quantitative estimate of drug-likeness (QED) is 0.646. The van der Waals surface area contributed by atoms with E-state index in [0.29, 0.717) is 41.5 Å². The zero-order chi connectivity index (χ0) is 17.6. The SMILES string of the molecule is COCCOc1cc(NC(=O)c2cccc3cn[nH]c23)ccc1OC. The van der Waals surface area contributed by atoms with Crippen LogP contribution in [0, 0.1) is 0 Å². The van der Waals surface area contributed by atoms with Gasteiger partial charge in [0.25, 0.3) is 5.91 Å². The molecule has 0 radical (unpaired) electrons. The lowest BCUT2D eigenvalue weighted by molar-refractivity contribution is 0.102. The molecular formula is C18H19N3O4. The van der Waals surface area contributed by atoms with Crippen molar-refractivity contribution >= 4 is 22.5 Å². The predicted octanol–water partition coefficient (Wildman–Crippen LogP) is 2.85. The predicted molar refractivity (Wildman–Crippen MR) is 94.4 cm³/mol. The molecule has 0 aliphatic heterocycles. The number of anilines is 1. The van der Waals surface area contributed by atoms with Crippen molar-refractivity contribution in [3.8, 4) is 11.5 Å². The van der Waals surface area contributed by atoms with Gasteiger partial charge in [0.05, 0.1) is 31.0 Å². The van der Waals surface area contributed by atoms with Gasteiger partial charge in [-0.1, -0.05) is 12.1 Å². The van der Waals surface area contributed by atoms with Crippen LogP contribution in [0.15, 0.2) is 42.6 Å². The van der Waals surface area contributed by atoms with Gasteiger partial charge in [0, 0.05) is 24.2 Å². The summed E-state index contributed by atoms with van der Waals surface area (Å²) in [6, 6.07) is 10.7. The molecule has 7 heteroatoms. The Morgan fingerprint density at radius 2 is 2.04 bits per heavy atom. The minimum atomic E-state index is -0.233. The number of methoxy groups -OCH3 is 2. The van der Waals surface area contributed by atoms with Gasteiger partial charge in [-0.2, -0.15) is 5.10 Å². The van der Waals surface area contributed by atoms with Crippen molar-refractivity contribution < 1.29 is 19.0 Å². The zero-order valence-corrected chi connectivity index (χ0v) is 14.0. The highest BCUT2D eigenvalue weighted by atomic mass is 16.5. The summed E-state index contributed by atoms with van der Waals surface area (Å²) in [6.45, 7) is 0.847. The number of ether oxygens (including phenoxy) is 3. The number of hydrogen-bond donors (Lipinski definition) is 2. The van der Waals surface area contributed by atoms with Crippen molar-refractivity contribution in [2.75, 3.05) is 32.8 Å². The van der Waals surface area contributed by atoms with E-state index in [9.17, 15) is 4.79 Å². The molecule has 0 unspecified atom stereocenters. The summed E-state index contributed by atoms with van der Waals surface area (Å²) in [5.41, 5.74) is 1.83. The fraction of sp³-hybridized carbons (Fsp3) is 0.222. The van der Waals surface area contributed by atoms with Gasteiger partial charge in [-0.15, -0.1) is 0 Å². The highest BCUT2D eigenvalue weighted by Gasteiger charge is 2.13. The van der Waals surface area contributed by atoms with Crippen LogP contribution >= 0.6 is 0 Å². The van der Waals surface area contributed by atoms with Gasteiger partial charge in [0.2, 0.25) is 0 Å². The molecule has 1 heterocycles. The molecule has 3 aromatic rings. The number of hydrogen-bond acceptors (Lipinski definition) is 5. The third kappa shape index (κ3) is 3.72. The van der Waals surface area contributed by atoms with Gasteiger partial charge >= 0.3 is 0 Å². The Hall–Kier alpha value is -3.06. The number of aromatic nitrogens is 2. The van der Waals surface area contributed by atoms with Crippen molar-refractivity contribution in [1.29, 1.82) is 0 Å². The van der Waals surface area contributed by atoms with Crippen LogP contribution in [0.4, 0.5) is 5.69 Å². The third-order valence-electron chi connectivity index (χ3n) is 3.69. The molecule has 1 aromatic heterocycles. The smallest absolute Gasteiger partial charge is 0.257 e. The maximum absolute atomic E-state index is 12.6. The van der Waals surface area contributed by atoms with E-state index in [1.54, 1.807) is 44.7 Å². The third-order valence-corrected chi connectivity index (χ3v) is 3.69. The molecule has 25 heavy (non-hydrogen) atoms. The molecule has 130 valence electrons.